The lowest BCUT2D eigenvalue weighted by Crippen LogP contribution is -2.67. The Labute approximate surface area is 326 Å². The summed E-state index contributed by atoms with van der Waals surface area (Å²) in [7, 11) is 0. The van der Waals surface area contributed by atoms with E-state index in [1.165, 1.54) is 0 Å². The van der Waals surface area contributed by atoms with Gasteiger partial charge in [-0.25, -0.2) is 0 Å². The zero-order chi connectivity index (χ0) is 40.9. The smallest absolute Gasteiger partial charge is 0.251 e. The van der Waals surface area contributed by atoms with Crippen LogP contribution in [-0.4, -0.2) is 203 Å². The lowest BCUT2D eigenvalue weighted by molar-refractivity contribution is -0.285. The molecule has 1 aliphatic carbocycles. The molecule has 5 fully saturated rings. The number of aliphatic hydroxyl groups is 7. The SMILES string of the molecule is C[C@H]1[C@H](O[C@@H]2[C@@H](O)[C@H](NC(=O)[C@@H](O)[C@@H](O)CN)C[C@H](N)[C@H]2O[C@H]2O[C@H](CNCC3(O)CCNCC3)CC[C@H]2N)O[C@H](CO)[C@H]1O[C@H]1O[C@@H](CN)[C@@H](O)[C@H](O)[C@H]1N. The average molecular weight is 811 g/mol. The van der Waals surface area contributed by atoms with E-state index < -0.39 is 135 Å². The number of nitrogens with two attached hydrogens (primary N) is 5. The van der Waals surface area contributed by atoms with Gasteiger partial charge in [-0.1, -0.05) is 6.92 Å². The van der Waals surface area contributed by atoms with E-state index in [9.17, 15) is 40.5 Å². The summed E-state index contributed by atoms with van der Waals surface area (Å²) in [6, 6.07) is -3.78. The summed E-state index contributed by atoms with van der Waals surface area (Å²) in [6.45, 7) is 2.89. The molecule has 0 aromatic carbocycles. The molecular formula is C34H66N8O14. The number of rotatable bonds is 16. The molecule has 56 heavy (non-hydrogen) atoms. The van der Waals surface area contributed by atoms with Crippen molar-refractivity contribution in [1.82, 2.24) is 16.0 Å². The fourth-order valence-electron chi connectivity index (χ4n) is 8.09. The number of piperidine rings is 1. The molecule has 0 unspecified atom stereocenters. The summed E-state index contributed by atoms with van der Waals surface area (Å²) in [4.78, 5) is 12.9. The molecule has 1 saturated carbocycles. The predicted octanol–water partition coefficient (Wildman–Crippen LogP) is -7.98. The third-order valence-electron chi connectivity index (χ3n) is 11.7. The van der Waals surface area contributed by atoms with Gasteiger partial charge in [0.15, 0.2) is 25.0 Å². The molecule has 22 nitrogen and oxygen atoms in total. The zero-order valence-electron chi connectivity index (χ0n) is 31.8. The highest BCUT2D eigenvalue weighted by atomic mass is 16.7. The Morgan fingerprint density at radius 3 is 2.20 bits per heavy atom. The molecule has 1 amide bonds. The second kappa shape index (κ2) is 20.3. The van der Waals surface area contributed by atoms with E-state index in [1.54, 1.807) is 6.92 Å². The first-order valence-electron chi connectivity index (χ1n) is 19.7. The Morgan fingerprint density at radius 2 is 1.54 bits per heavy atom. The van der Waals surface area contributed by atoms with Gasteiger partial charge in [0.1, 0.15) is 48.8 Å². The van der Waals surface area contributed by atoms with Crippen LogP contribution in [0, 0.1) is 5.92 Å². The number of aliphatic hydroxyl groups excluding tert-OH is 6. The second-order valence-electron chi connectivity index (χ2n) is 15.9. The zero-order valence-corrected chi connectivity index (χ0v) is 31.8. The van der Waals surface area contributed by atoms with Crippen LogP contribution in [0.3, 0.4) is 0 Å². The minimum atomic E-state index is -1.89. The minimum Gasteiger partial charge on any atom is -0.394 e. The maximum Gasteiger partial charge on any atom is 0.251 e. The molecule has 4 saturated heterocycles. The fourth-order valence-corrected chi connectivity index (χ4v) is 8.09. The molecule has 0 aromatic rings. The molecule has 0 aromatic heterocycles. The van der Waals surface area contributed by atoms with E-state index >= 15 is 0 Å². The highest BCUT2D eigenvalue weighted by Gasteiger charge is 2.53. The van der Waals surface area contributed by atoms with Crippen LogP contribution in [0.1, 0.15) is 39.0 Å². The molecule has 326 valence electrons. The Bertz CT molecular complexity index is 1230. The number of amides is 1. The number of carbonyl (C=O) groups is 1. The number of hydrogen-bond donors (Lipinski definition) is 15. The van der Waals surface area contributed by atoms with Gasteiger partial charge in [-0.3, -0.25) is 4.79 Å². The minimum absolute atomic E-state index is 0.0528. The van der Waals surface area contributed by atoms with Crippen LogP contribution in [0.5, 0.6) is 0 Å². The largest absolute Gasteiger partial charge is 0.394 e. The summed E-state index contributed by atoms with van der Waals surface area (Å²) in [6.07, 6.45) is -14.5. The third kappa shape index (κ3) is 10.7. The van der Waals surface area contributed by atoms with Gasteiger partial charge < -0.3 is 109 Å². The van der Waals surface area contributed by atoms with Crippen molar-refractivity contribution in [1.29, 1.82) is 0 Å². The van der Waals surface area contributed by atoms with Gasteiger partial charge in [-0.15, -0.1) is 0 Å². The van der Waals surface area contributed by atoms with E-state index in [2.05, 4.69) is 16.0 Å². The maximum absolute atomic E-state index is 12.9. The Morgan fingerprint density at radius 1 is 0.875 bits per heavy atom. The van der Waals surface area contributed by atoms with E-state index in [4.69, 9.17) is 57.1 Å². The van der Waals surface area contributed by atoms with Gasteiger partial charge in [0.05, 0.1) is 42.5 Å². The van der Waals surface area contributed by atoms with Gasteiger partial charge >= 0.3 is 0 Å². The molecule has 5 aliphatic rings. The van der Waals surface area contributed by atoms with Crippen molar-refractivity contribution in [2.75, 3.05) is 45.9 Å². The summed E-state index contributed by atoms with van der Waals surface area (Å²) < 4.78 is 37.2. The summed E-state index contributed by atoms with van der Waals surface area (Å²) in [5, 5.41) is 83.2. The van der Waals surface area contributed by atoms with Crippen LogP contribution in [0.25, 0.3) is 0 Å². The lowest BCUT2D eigenvalue weighted by Gasteiger charge is -2.47. The van der Waals surface area contributed by atoms with Crippen molar-refractivity contribution < 1.29 is 69.0 Å². The number of hydrogen-bond acceptors (Lipinski definition) is 21. The Kier molecular flexibility index (Phi) is 16.6. The lowest BCUT2D eigenvalue weighted by atomic mass is 9.83. The van der Waals surface area contributed by atoms with Crippen molar-refractivity contribution in [2.45, 2.75) is 155 Å². The van der Waals surface area contributed by atoms with Crippen LogP contribution < -0.4 is 44.6 Å². The predicted molar refractivity (Wildman–Crippen MR) is 195 cm³/mol. The fraction of sp³-hybridized carbons (Fsp3) is 0.971. The molecular weight excluding hydrogens is 744 g/mol. The maximum atomic E-state index is 12.9. The first-order valence-corrected chi connectivity index (χ1v) is 19.7. The van der Waals surface area contributed by atoms with Crippen molar-refractivity contribution >= 4 is 5.91 Å². The highest BCUT2D eigenvalue weighted by Crippen LogP contribution is 2.37. The quantitative estimate of drug-likeness (QED) is 0.0688. The molecule has 4 aliphatic heterocycles. The second-order valence-corrected chi connectivity index (χ2v) is 15.9. The van der Waals surface area contributed by atoms with Crippen molar-refractivity contribution in [3.8, 4) is 0 Å². The van der Waals surface area contributed by atoms with E-state index in [-0.39, 0.29) is 19.1 Å². The summed E-state index contributed by atoms with van der Waals surface area (Å²) >= 11 is 0. The summed E-state index contributed by atoms with van der Waals surface area (Å²) in [5.74, 6) is -1.69. The topological polar surface area (TPSA) is 380 Å². The first kappa shape index (κ1) is 45.7. The Hall–Kier alpha value is -1.33. The number of carbonyl (C=O) groups excluding carboxylic acids is 1. The highest BCUT2D eigenvalue weighted by molar-refractivity contribution is 5.81. The van der Waals surface area contributed by atoms with Crippen molar-refractivity contribution in [2.24, 2.45) is 34.6 Å². The van der Waals surface area contributed by atoms with Crippen LogP contribution in [0.4, 0.5) is 0 Å². The third-order valence-corrected chi connectivity index (χ3v) is 11.7. The molecule has 19 atom stereocenters. The van der Waals surface area contributed by atoms with Crippen LogP contribution in [-0.2, 0) is 33.2 Å². The van der Waals surface area contributed by atoms with Crippen molar-refractivity contribution in [3.63, 3.8) is 0 Å². The average Bonchev–Trinajstić information content (AvgIpc) is 3.48. The molecule has 22 heteroatoms. The van der Waals surface area contributed by atoms with Crippen LogP contribution in [0.2, 0.25) is 0 Å². The van der Waals surface area contributed by atoms with Crippen LogP contribution in [0.15, 0.2) is 0 Å². The van der Waals surface area contributed by atoms with Gasteiger partial charge in [0.2, 0.25) is 0 Å². The molecule has 0 spiro atoms. The van der Waals surface area contributed by atoms with Gasteiger partial charge in [0.25, 0.3) is 5.91 Å². The molecule has 0 bridgehead atoms. The normalized spacial score (nSPS) is 44.3. The van der Waals surface area contributed by atoms with E-state index in [0.717, 1.165) is 13.1 Å². The van der Waals surface area contributed by atoms with Crippen molar-refractivity contribution in [3.05, 3.63) is 0 Å². The standard InChI is InChI=1S/C34H66N8O14/c1-14-27(54-33-22(39)26(48)25(47)20(10-36)52-33)21(12-43)53-31(14)56-29-23(45)18(42-30(49)24(46)19(44)9-35)8-17(38)28(29)55-32-16(37)3-2-15(51-32)11-41-13-34(50)4-6-40-7-5-34/h14-29,31-33,40-41,43-48,50H,2-13,35-39H2,1H3,(H,42,49)/t14-,15+,16-,17+,18-,19+,20+,21-,22-,23+,24+,25-,26-,27+,28-,29-,31+,32-,33-/m1/s1. The van der Waals surface area contributed by atoms with Crippen LogP contribution >= 0.6 is 0 Å². The van der Waals surface area contributed by atoms with E-state index in [1.807, 2.05) is 0 Å². The number of nitrogens with one attached hydrogen (secondary N) is 3. The molecule has 20 N–H and O–H groups in total. The van der Waals surface area contributed by atoms with Gasteiger partial charge in [-0.05, 0) is 45.2 Å². The van der Waals surface area contributed by atoms with Gasteiger partial charge in [-0.2, -0.15) is 0 Å². The van der Waals surface area contributed by atoms with Gasteiger partial charge in [0, 0.05) is 38.1 Å². The molecule has 4 heterocycles. The Balaban J connectivity index is 1.31. The van der Waals surface area contributed by atoms with E-state index in [0.29, 0.717) is 38.8 Å². The first-order chi connectivity index (χ1) is 26.6. The monoisotopic (exact) mass is 810 g/mol. The number of ether oxygens (including phenoxy) is 6. The molecule has 5 rings (SSSR count). The summed E-state index contributed by atoms with van der Waals surface area (Å²) in [5.41, 5.74) is 29.6. The molecule has 0 radical (unpaired) electrons.